The zero-order valence-electron chi connectivity index (χ0n) is 15.3. The van der Waals surface area contributed by atoms with Crippen LogP contribution in [0.25, 0.3) is 0 Å². The van der Waals surface area contributed by atoms with E-state index in [1.807, 2.05) is 0 Å². The van der Waals surface area contributed by atoms with Crippen LogP contribution in [0.2, 0.25) is 10.0 Å². The van der Waals surface area contributed by atoms with Gasteiger partial charge in [-0.05, 0) is 36.4 Å². The SMILES string of the molecule is CS(=O)(=O)N(Cc1c(Cl)cccc1Cl)c1ccc(C(=O)N2CCOCC2)cc1. The molecule has 9 heteroatoms. The molecule has 2 aromatic rings. The Morgan fingerprint density at radius 2 is 1.64 bits per heavy atom. The van der Waals surface area contributed by atoms with Gasteiger partial charge in [0.15, 0.2) is 0 Å². The predicted octanol–water partition coefficient (Wildman–Crippen LogP) is 3.43. The summed E-state index contributed by atoms with van der Waals surface area (Å²) >= 11 is 12.4. The summed E-state index contributed by atoms with van der Waals surface area (Å²) in [6.07, 6.45) is 1.12. The van der Waals surface area contributed by atoms with Gasteiger partial charge in [-0.1, -0.05) is 29.3 Å². The number of anilines is 1. The van der Waals surface area contributed by atoms with Gasteiger partial charge in [0.25, 0.3) is 5.91 Å². The third-order valence-electron chi connectivity index (χ3n) is 4.46. The second-order valence-electron chi connectivity index (χ2n) is 6.42. The number of rotatable bonds is 5. The number of carbonyl (C=O) groups excluding carboxylic acids is 1. The van der Waals surface area contributed by atoms with Crippen molar-refractivity contribution in [2.45, 2.75) is 6.54 Å². The van der Waals surface area contributed by atoms with Crippen molar-refractivity contribution in [1.29, 1.82) is 0 Å². The Balaban J connectivity index is 1.86. The highest BCUT2D eigenvalue weighted by molar-refractivity contribution is 7.92. The number of halogens is 2. The molecule has 0 bridgehead atoms. The van der Waals surface area contributed by atoms with Crippen LogP contribution in [0.4, 0.5) is 5.69 Å². The summed E-state index contributed by atoms with van der Waals surface area (Å²) in [5, 5.41) is 0.778. The number of nitrogens with zero attached hydrogens (tertiary/aromatic N) is 2. The Morgan fingerprint density at radius 3 is 2.18 bits per heavy atom. The van der Waals surface area contributed by atoms with Crippen LogP contribution in [0.1, 0.15) is 15.9 Å². The van der Waals surface area contributed by atoms with E-state index in [1.165, 1.54) is 4.31 Å². The molecule has 0 N–H and O–H groups in total. The van der Waals surface area contributed by atoms with E-state index < -0.39 is 10.0 Å². The topological polar surface area (TPSA) is 66.9 Å². The molecule has 0 unspecified atom stereocenters. The van der Waals surface area contributed by atoms with Gasteiger partial charge in [-0.3, -0.25) is 9.10 Å². The molecular formula is C19H20Cl2N2O4S. The number of benzene rings is 2. The van der Waals surface area contributed by atoms with Gasteiger partial charge in [0, 0.05) is 34.3 Å². The van der Waals surface area contributed by atoms with Gasteiger partial charge in [0.2, 0.25) is 10.0 Å². The van der Waals surface area contributed by atoms with Crippen LogP contribution in [-0.2, 0) is 21.3 Å². The lowest BCUT2D eigenvalue weighted by Gasteiger charge is -2.27. The maximum Gasteiger partial charge on any atom is 0.254 e. The third-order valence-corrected chi connectivity index (χ3v) is 6.31. The maximum atomic E-state index is 12.6. The Bertz CT molecular complexity index is 938. The summed E-state index contributed by atoms with van der Waals surface area (Å²) in [4.78, 5) is 14.3. The lowest BCUT2D eigenvalue weighted by molar-refractivity contribution is 0.0303. The summed E-state index contributed by atoms with van der Waals surface area (Å²) in [7, 11) is -3.60. The van der Waals surface area contributed by atoms with Crippen LogP contribution in [-0.4, -0.2) is 51.8 Å². The molecule has 1 aliphatic rings. The van der Waals surface area contributed by atoms with Crippen molar-refractivity contribution in [2.75, 3.05) is 36.9 Å². The van der Waals surface area contributed by atoms with Crippen molar-refractivity contribution >= 4 is 44.8 Å². The van der Waals surface area contributed by atoms with Gasteiger partial charge in [0.05, 0.1) is 31.7 Å². The summed E-state index contributed by atoms with van der Waals surface area (Å²) in [5.41, 5.74) is 1.44. The number of sulfonamides is 1. The molecule has 6 nitrogen and oxygen atoms in total. The van der Waals surface area contributed by atoms with Gasteiger partial charge in [-0.2, -0.15) is 0 Å². The Morgan fingerprint density at radius 1 is 1.07 bits per heavy atom. The first-order chi connectivity index (χ1) is 13.3. The van der Waals surface area contributed by atoms with Crippen LogP contribution < -0.4 is 4.31 Å². The smallest absolute Gasteiger partial charge is 0.254 e. The van der Waals surface area contributed by atoms with Crippen molar-refractivity contribution in [1.82, 2.24) is 4.90 Å². The number of morpholine rings is 1. The summed E-state index contributed by atoms with van der Waals surface area (Å²) in [6, 6.07) is 11.5. The molecule has 2 aromatic carbocycles. The second kappa shape index (κ2) is 8.69. The standard InChI is InChI=1S/C19H20Cl2N2O4S/c1-28(25,26)23(13-16-17(20)3-2-4-18(16)21)15-7-5-14(6-8-15)19(24)22-9-11-27-12-10-22/h2-8H,9-13H2,1H3. The van der Waals surface area contributed by atoms with E-state index in [1.54, 1.807) is 47.4 Å². The van der Waals surface area contributed by atoms with Gasteiger partial charge < -0.3 is 9.64 Å². The molecule has 0 aromatic heterocycles. The Hall–Kier alpha value is -1.80. The third kappa shape index (κ3) is 4.78. The highest BCUT2D eigenvalue weighted by Gasteiger charge is 2.22. The van der Waals surface area contributed by atoms with E-state index in [9.17, 15) is 13.2 Å². The number of amides is 1. The largest absolute Gasteiger partial charge is 0.378 e. The van der Waals surface area contributed by atoms with Crippen LogP contribution in [0, 0.1) is 0 Å². The first-order valence-corrected chi connectivity index (χ1v) is 11.3. The molecule has 150 valence electrons. The van der Waals surface area contributed by atoms with E-state index in [0.717, 1.165) is 6.26 Å². The number of hydrogen-bond donors (Lipinski definition) is 0. The van der Waals surface area contributed by atoms with Crippen LogP contribution in [0.3, 0.4) is 0 Å². The van der Waals surface area contributed by atoms with Crippen molar-refractivity contribution < 1.29 is 17.9 Å². The minimum atomic E-state index is -3.60. The zero-order chi connectivity index (χ0) is 20.3. The van der Waals surface area contributed by atoms with Crippen molar-refractivity contribution in [2.24, 2.45) is 0 Å². The van der Waals surface area contributed by atoms with Crippen molar-refractivity contribution in [3.05, 3.63) is 63.6 Å². The summed E-state index contributed by atoms with van der Waals surface area (Å²) in [6.45, 7) is 2.12. The summed E-state index contributed by atoms with van der Waals surface area (Å²) in [5.74, 6) is -0.102. The maximum absolute atomic E-state index is 12.6. The van der Waals surface area contributed by atoms with E-state index in [-0.39, 0.29) is 12.5 Å². The average Bonchev–Trinajstić information content (AvgIpc) is 2.67. The van der Waals surface area contributed by atoms with E-state index in [2.05, 4.69) is 0 Å². The first-order valence-electron chi connectivity index (χ1n) is 8.65. The number of ether oxygens (including phenoxy) is 1. The predicted molar refractivity (Wildman–Crippen MR) is 111 cm³/mol. The Labute approximate surface area is 174 Å². The fraction of sp³-hybridized carbons (Fsp3) is 0.316. The van der Waals surface area contributed by atoms with Gasteiger partial charge in [0.1, 0.15) is 0 Å². The van der Waals surface area contributed by atoms with Gasteiger partial charge in [-0.25, -0.2) is 8.42 Å². The molecular weight excluding hydrogens is 423 g/mol. The average molecular weight is 443 g/mol. The molecule has 0 atom stereocenters. The number of carbonyl (C=O) groups is 1. The summed E-state index contributed by atoms with van der Waals surface area (Å²) < 4.78 is 31.2. The Kier molecular flexibility index (Phi) is 6.50. The van der Waals surface area contributed by atoms with E-state index >= 15 is 0 Å². The van der Waals surface area contributed by atoms with Crippen LogP contribution >= 0.6 is 23.2 Å². The second-order valence-corrected chi connectivity index (χ2v) is 9.14. The molecule has 0 aliphatic carbocycles. The molecule has 3 rings (SSSR count). The molecule has 0 saturated carbocycles. The molecule has 1 saturated heterocycles. The van der Waals surface area contributed by atoms with Gasteiger partial charge >= 0.3 is 0 Å². The zero-order valence-corrected chi connectivity index (χ0v) is 17.6. The monoisotopic (exact) mass is 442 g/mol. The highest BCUT2D eigenvalue weighted by atomic mass is 35.5. The molecule has 0 radical (unpaired) electrons. The molecule has 28 heavy (non-hydrogen) atoms. The lowest BCUT2D eigenvalue weighted by Crippen LogP contribution is -2.40. The van der Waals surface area contributed by atoms with E-state index in [4.69, 9.17) is 27.9 Å². The quantitative estimate of drug-likeness (QED) is 0.710. The molecule has 1 amide bonds. The lowest BCUT2D eigenvalue weighted by atomic mass is 10.1. The fourth-order valence-corrected chi connectivity index (χ4v) is 4.33. The van der Waals surface area contributed by atoms with E-state index in [0.29, 0.717) is 53.2 Å². The van der Waals surface area contributed by atoms with Crippen molar-refractivity contribution in [3.63, 3.8) is 0 Å². The van der Waals surface area contributed by atoms with Gasteiger partial charge in [-0.15, -0.1) is 0 Å². The normalized spacial score (nSPS) is 14.8. The minimum absolute atomic E-state index is 0.00586. The van der Waals surface area contributed by atoms with Crippen LogP contribution in [0.5, 0.6) is 0 Å². The van der Waals surface area contributed by atoms with Crippen molar-refractivity contribution in [3.8, 4) is 0 Å². The molecule has 1 heterocycles. The first kappa shape index (κ1) is 20.9. The molecule has 1 fully saturated rings. The van der Waals surface area contributed by atoms with Crippen LogP contribution in [0.15, 0.2) is 42.5 Å². The molecule has 0 spiro atoms. The fourth-order valence-electron chi connectivity index (χ4n) is 2.95. The number of hydrogen-bond acceptors (Lipinski definition) is 4. The minimum Gasteiger partial charge on any atom is -0.378 e. The molecule has 1 aliphatic heterocycles. The highest BCUT2D eigenvalue weighted by Crippen LogP contribution is 2.29.